The van der Waals surface area contributed by atoms with E-state index < -0.39 is 17.7 Å². The lowest BCUT2D eigenvalue weighted by molar-refractivity contribution is -0.140. The van der Waals surface area contributed by atoms with E-state index in [1.165, 1.54) is 4.90 Å². The van der Waals surface area contributed by atoms with E-state index in [2.05, 4.69) is 0 Å². The van der Waals surface area contributed by atoms with Crippen LogP contribution in [0.3, 0.4) is 0 Å². The number of carbonyl (C=O) groups excluding carboxylic acids is 2. The van der Waals surface area contributed by atoms with Gasteiger partial charge in [0.2, 0.25) is 0 Å². The molecule has 1 saturated heterocycles. The molecule has 2 aromatic rings. The normalized spacial score (nSPS) is 18.2. The van der Waals surface area contributed by atoms with E-state index in [9.17, 15) is 14.7 Å². The number of likely N-dealkylation sites (N-methyl/N-ethyl adjacent to an activating group) is 1. The Morgan fingerprint density at radius 1 is 0.967 bits per heavy atom. The summed E-state index contributed by atoms with van der Waals surface area (Å²) in [5.74, 6) is -0.219. The highest BCUT2D eigenvalue weighted by molar-refractivity contribution is 6.46. The second-order valence-electron chi connectivity index (χ2n) is 7.30. The molecule has 158 valence electrons. The monoisotopic (exact) mass is 410 g/mol. The number of benzene rings is 2. The third-order valence-corrected chi connectivity index (χ3v) is 5.12. The van der Waals surface area contributed by atoms with Gasteiger partial charge in [-0.05, 0) is 56.1 Å². The van der Waals surface area contributed by atoms with Crippen LogP contribution in [0.5, 0.6) is 11.5 Å². The SMILES string of the molecule is COc1ccc(/C(O)=C2\C(=O)C(=O)N(CCN(C)C)[C@@H]2c2ccc(OC)cc2)cc1. The van der Waals surface area contributed by atoms with E-state index in [0.717, 1.165) is 5.56 Å². The summed E-state index contributed by atoms with van der Waals surface area (Å²) in [5.41, 5.74) is 1.25. The predicted octanol–water partition coefficient (Wildman–Crippen LogP) is 2.69. The largest absolute Gasteiger partial charge is 0.507 e. The van der Waals surface area contributed by atoms with Gasteiger partial charge in [-0.15, -0.1) is 0 Å². The third-order valence-electron chi connectivity index (χ3n) is 5.12. The zero-order valence-corrected chi connectivity index (χ0v) is 17.6. The van der Waals surface area contributed by atoms with Gasteiger partial charge in [0.15, 0.2) is 0 Å². The first-order valence-corrected chi connectivity index (χ1v) is 9.59. The Bertz CT molecular complexity index is 949. The van der Waals surface area contributed by atoms with Gasteiger partial charge in [-0.2, -0.15) is 0 Å². The van der Waals surface area contributed by atoms with E-state index in [1.807, 2.05) is 19.0 Å². The Labute approximate surface area is 176 Å². The molecule has 0 radical (unpaired) electrons. The highest BCUT2D eigenvalue weighted by Gasteiger charge is 2.45. The zero-order chi connectivity index (χ0) is 21.8. The number of likely N-dealkylation sites (tertiary alicyclic amines) is 1. The molecule has 7 heteroatoms. The number of hydrogen-bond donors (Lipinski definition) is 1. The van der Waals surface area contributed by atoms with Crippen LogP contribution in [0.15, 0.2) is 54.1 Å². The first-order valence-electron chi connectivity index (χ1n) is 9.59. The molecule has 1 fully saturated rings. The molecule has 1 N–H and O–H groups in total. The van der Waals surface area contributed by atoms with E-state index in [1.54, 1.807) is 62.8 Å². The molecule has 0 aliphatic carbocycles. The lowest BCUT2D eigenvalue weighted by atomic mass is 9.95. The average molecular weight is 410 g/mol. The highest BCUT2D eigenvalue weighted by Crippen LogP contribution is 2.39. The van der Waals surface area contributed by atoms with Crippen LogP contribution >= 0.6 is 0 Å². The predicted molar refractivity (Wildman–Crippen MR) is 114 cm³/mol. The van der Waals surface area contributed by atoms with Crippen molar-refractivity contribution >= 4 is 17.4 Å². The number of Topliss-reactive ketones (excluding diaryl/α,β-unsaturated/α-hetero) is 1. The van der Waals surface area contributed by atoms with Gasteiger partial charge < -0.3 is 24.4 Å². The van der Waals surface area contributed by atoms with Gasteiger partial charge in [-0.1, -0.05) is 12.1 Å². The summed E-state index contributed by atoms with van der Waals surface area (Å²) < 4.78 is 10.4. The number of ether oxygens (including phenoxy) is 2. The quantitative estimate of drug-likeness (QED) is 0.430. The number of nitrogens with zero attached hydrogens (tertiary/aromatic N) is 2. The summed E-state index contributed by atoms with van der Waals surface area (Å²) in [5, 5.41) is 11.0. The molecule has 1 aliphatic rings. The molecule has 3 rings (SSSR count). The van der Waals surface area contributed by atoms with Crippen molar-refractivity contribution in [3.63, 3.8) is 0 Å². The summed E-state index contributed by atoms with van der Waals surface area (Å²) in [7, 11) is 6.92. The molecule has 0 aromatic heterocycles. The van der Waals surface area contributed by atoms with Crippen molar-refractivity contribution in [2.24, 2.45) is 0 Å². The van der Waals surface area contributed by atoms with Crippen molar-refractivity contribution in [3.05, 3.63) is 65.2 Å². The molecule has 1 heterocycles. The van der Waals surface area contributed by atoms with Crippen LogP contribution in [0.25, 0.3) is 5.76 Å². The van der Waals surface area contributed by atoms with Gasteiger partial charge in [-0.3, -0.25) is 9.59 Å². The molecule has 30 heavy (non-hydrogen) atoms. The van der Waals surface area contributed by atoms with Crippen molar-refractivity contribution in [2.45, 2.75) is 6.04 Å². The number of carbonyl (C=O) groups is 2. The van der Waals surface area contributed by atoms with E-state index >= 15 is 0 Å². The molecule has 7 nitrogen and oxygen atoms in total. The fraction of sp³-hybridized carbons (Fsp3) is 0.304. The van der Waals surface area contributed by atoms with Crippen molar-refractivity contribution < 1.29 is 24.2 Å². The number of hydrogen-bond acceptors (Lipinski definition) is 6. The second-order valence-corrected chi connectivity index (χ2v) is 7.30. The van der Waals surface area contributed by atoms with Gasteiger partial charge in [0.1, 0.15) is 17.3 Å². The van der Waals surface area contributed by atoms with Crippen LogP contribution in [-0.2, 0) is 9.59 Å². The minimum Gasteiger partial charge on any atom is -0.507 e. The van der Waals surface area contributed by atoms with E-state index in [0.29, 0.717) is 30.2 Å². The van der Waals surface area contributed by atoms with Crippen molar-refractivity contribution in [1.29, 1.82) is 0 Å². The maximum atomic E-state index is 12.9. The van der Waals surface area contributed by atoms with Gasteiger partial charge in [0, 0.05) is 18.7 Å². The lowest BCUT2D eigenvalue weighted by Gasteiger charge is -2.26. The fourth-order valence-electron chi connectivity index (χ4n) is 3.46. The Kier molecular flexibility index (Phi) is 6.42. The number of rotatable bonds is 7. The maximum Gasteiger partial charge on any atom is 0.295 e. The first kappa shape index (κ1) is 21.4. The zero-order valence-electron chi connectivity index (χ0n) is 17.6. The molecule has 2 aromatic carbocycles. The molecule has 0 saturated carbocycles. The molecule has 1 aliphatic heterocycles. The highest BCUT2D eigenvalue weighted by atomic mass is 16.5. The lowest BCUT2D eigenvalue weighted by Crippen LogP contribution is -2.35. The maximum absolute atomic E-state index is 12.9. The van der Waals surface area contributed by atoms with Crippen LogP contribution < -0.4 is 9.47 Å². The molecule has 0 spiro atoms. The molecule has 1 amide bonds. The number of amides is 1. The molecular weight excluding hydrogens is 384 g/mol. The summed E-state index contributed by atoms with van der Waals surface area (Å²) >= 11 is 0. The average Bonchev–Trinajstić information content (AvgIpc) is 3.02. The second kappa shape index (κ2) is 9.00. The Hall–Kier alpha value is -3.32. The van der Waals surface area contributed by atoms with Crippen LogP contribution in [0, 0.1) is 0 Å². The van der Waals surface area contributed by atoms with Crippen LogP contribution in [0.1, 0.15) is 17.2 Å². The summed E-state index contributed by atoms with van der Waals surface area (Å²) in [4.78, 5) is 29.2. The first-order chi connectivity index (χ1) is 14.4. The Morgan fingerprint density at radius 2 is 1.50 bits per heavy atom. The number of methoxy groups -OCH3 is 2. The molecule has 0 unspecified atom stereocenters. The summed E-state index contributed by atoms with van der Waals surface area (Å²) in [6.45, 7) is 0.940. The van der Waals surface area contributed by atoms with Gasteiger partial charge in [-0.25, -0.2) is 0 Å². The number of aliphatic hydroxyl groups excluding tert-OH is 1. The molecule has 0 bridgehead atoms. The standard InChI is InChI=1S/C23H26N2O5/c1-24(2)13-14-25-20(15-5-9-17(29-3)10-6-15)19(22(27)23(25)28)21(26)16-7-11-18(30-4)12-8-16/h5-12,20,26H,13-14H2,1-4H3/b21-19+/t20-/m1/s1. The minimum atomic E-state index is -0.692. The number of ketones is 1. The molecule has 1 atom stereocenters. The van der Waals surface area contributed by atoms with E-state index in [4.69, 9.17) is 9.47 Å². The number of aliphatic hydroxyl groups is 1. The van der Waals surface area contributed by atoms with Gasteiger partial charge >= 0.3 is 0 Å². The van der Waals surface area contributed by atoms with Crippen LogP contribution in [0.4, 0.5) is 0 Å². The van der Waals surface area contributed by atoms with Crippen molar-refractivity contribution in [2.75, 3.05) is 41.4 Å². The summed E-state index contributed by atoms with van der Waals surface area (Å²) in [6, 6.07) is 13.2. The third kappa shape index (κ3) is 4.16. The molecular formula is C23H26N2O5. The van der Waals surface area contributed by atoms with Crippen LogP contribution in [0.2, 0.25) is 0 Å². The van der Waals surface area contributed by atoms with Gasteiger partial charge in [0.25, 0.3) is 11.7 Å². The van der Waals surface area contributed by atoms with Crippen molar-refractivity contribution in [1.82, 2.24) is 9.80 Å². The smallest absolute Gasteiger partial charge is 0.295 e. The Morgan fingerprint density at radius 3 is 2.00 bits per heavy atom. The Balaban J connectivity index is 2.11. The van der Waals surface area contributed by atoms with Crippen molar-refractivity contribution in [3.8, 4) is 11.5 Å². The topological polar surface area (TPSA) is 79.3 Å². The fourth-order valence-corrected chi connectivity index (χ4v) is 3.46. The van der Waals surface area contributed by atoms with Gasteiger partial charge in [0.05, 0.1) is 25.8 Å². The summed E-state index contributed by atoms with van der Waals surface area (Å²) in [6.07, 6.45) is 0. The van der Waals surface area contributed by atoms with E-state index in [-0.39, 0.29) is 11.3 Å². The minimum absolute atomic E-state index is 0.0779. The van der Waals surface area contributed by atoms with Crippen LogP contribution in [-0.4, -0.2) is 68.0 Å².